The van der Waals surface area contributed by atoms with Gasteiger partial charge in [0.1, 0.15) is 11.5 Å². The first kappa shape index (κ1) is 10.8. The summed E-state index contributed by atoms with van der Waals surface area (Å²) < 4.78 is 10.1. The van der Waals surface area contributed by atoms with E-state index in [1.54, 1.807) is 32.4 Å². The van der Waals surface area contributed by atoms with Crippen LogP contribution in [0.3, 0.4) is 0 Å². The van der Waals surface area contributed by atoms with E-state index in [0.717, 1.165) is 5.56 Å². The van der Waals surface area contributed by atoms with Crippen LogP contribution in [0.15, 0.2) is 18.2 Å². The second-order valence-electron chi connectivity index (χ2n) is 2.94. The molecule has 0 amide bonds. The number of aliphatic hydroxyl groups excluding tert-OH is 1. The molecule has 0 saturated carbocycles. The Kier molecular flexibility index (Phi) is 3.73. The van der Waals surface area contributed by atoms with Crippen LogP contribution in [0.4, 0.5) is 0 Å². The van der Waals surface area contributed by atoms with Crippen molar-refractivity contribution in [3.05, 3.63) is 23.8 Å². The van der Waals surface area contributed by atoms with Gasteiger partial charge in [-0.15, -0.1) is 0 Å². The lowest BCUT2D eigenvalue weighted by Crippen LogP contribution is -2.14. The SMILES string of the molecule is COc1cc(OC)cc([C@H](N)CO)c1. The molecule has 0 radical (unpaired) electrons. The third-order valence-electron chi connectivity index (χ3n) is 2.00. The topological polar surface area (TPSA) is 64.7 Å². The molecule has 0 fully saturated rings. The maximum Gasteiger partial charge on any atom is 0.122 e. The molecular formula is C10H15NO3. The van der Waals surface area contributed by atoms with Crippen LogP contribution in [0.25, 0.3) is 0 Å². The molecule has 78 valence electrons. The van der Waals surface area contributed by atoms with Crippen molar-refractivity contribution < 1.29 is 14.6 Å². The monoisotopic (exact) mass is 197 g/mol. The second-order valence-corrected chi connectivity index (χ2v) is 2.94. The first-order valence-electron chi connectivity index (χ1n) is 4.30. The molecular weight excluding hydrogens is 182 g/mol. The highest BCUT2D eigenvalue weighted by Crippen LogP contribution is 2.25. The van der Waals surface area contributed by atoms with Crippen molar-refractivity contribution in [1.82, 2.24) is 0 Å². The Balaban J connectivity index is 3.04. The van der Waals surface area contributed by atoms with Crippen LogP contribution in [-0.4, -0.2) is 25.9 Å². The van der Waals surface area contributed by atoms with Crippen LogP contribution >= 0.6 is 0 Å². The van der Waals surface area contributed by atoms with Gasteiger partial charge in [0.25, 0.3) is 0 Å². The highest BCUT2D eigenvalue weighted by Gasteiger charge is 2.08. The van der Waals surface area contributed by atoms with Crippen LogP contribution in [0.5, 0.6) is 11.5 Å². The van der Waals surface area contributed by atoms with E-state index >= 15 is 0 Å². The summed E-state index contributed by atoms with van der Waals surface area (Å²) in [6.45, 7) is -0.101. The van der Waals surface area contributed by atoms with Crippen LogP contribution in [0.2, 0.25) is 0 Å². The minimum Gasteiger partial charge on any atom is -0.497 e. The highest BCUT2D eigenvalue weighted by atomic mass is 16.5. The minimum absolute atomic E-state index is 0.101. The van der Waals surface area contributed by atoms with Crippen LogP contribution in [0, 0.1) is 0 Å². The van der Waals surface area contributed by atoms with Crippen LogP contribution < -0.4 is 15.2 Å². The normalized spacial score (nSPS) is 12.3. The first-order valence-corrected chi connectivity index (χ1v) is 4.30. The summed E-state index contributed by atoms with van der Waals surface area (Å²) in [5, 5.41) is 8.91. The van der Waals surface area contributed by atoms with Crippen molar-refractivity contribution in [3.63, 3.8) is 0 Å². The molecule has 0 aromatic heterocycles. The molecule has 0 aliphatic heterocycles. The van der Waals surface area contributed by atoms with Gasteiger partial charge in [-0.25, -0.2) is 0 Å². The average Bonchev–Trinajstić information content (AvgIpc) is 2.27. The summed E-state index contributed by atoms with van der Waals surface area (Å²) in [4.78, 5) is 0. The molecule has 14 heavy (non-hydrogen) atoms. The van der Waals surface area contributed by atoms with Crippen molar-refractivity contribution in [2.75, 3.05) is 20.8 Å². The van der Waals surface area contributed by atoms with Crippen molar-refractivity contribution >= 4 is 0 Å². The predicted octanol–water partition coefficient (Wildman–Crippen LogP) is 0.696. The van der Waals surface area contributed by atoms with Crippen molar-refractivity contribution in [1.29, 1.82) is 0 Å². The maximum absolute atomic E-state index is 8.91. The van der Waals surface area contributed by atoms with E-state index in [1.807, 2.05) is 0 Å². The summed E-state index contributed by atoms with van der Waals surface area (Å²) in [5.41, 5.74) is 6.48. The summed E-state index contributed by atoms with van der Waals surface area (Å²) in [5.74, 6) is 1.34. The molecule has 1 aromatic rings. The molecule has 0 spiro atoms. The van der Waals surface area contributed by atoms with Gasteiger partial charge in [0.15, 0.2) is 0 Å². The van der Waals surface area contributed by atoms with E-state index in [4.69, 9.17) is 20.3 Å². The highest BCUT2D eigenvalue weighted by molar-refractivity contribution is 5.39. The summed E-state index contributed by atoms with van der Waals surface area (Å²) in [6.07, 6.45) is 0. The molecule has 1 aromatic carbocycles. The van der Waals surface area contributed by atoms with Crippen molar-refractivity contribution in [3.8, 4) is 11.5 Å². The fourth-order valence-corrected chi connectivity index (χ4v) is 1.15. The number of aliphatic hydroxyl groups is 1. The van der Waals surface area contributed by atoms with Crippen molar-refractivity contribution in [2.24, 2.45) is 5.73 Å². The quantitative estimate of drug-likeness (QED) is 0.745. The smallest absolute Gasteiger partial charge is 0.122 e. The summed E-state index contributed by atoms with van der Waals surface area (Å²) >= 11 is 0. The standard InChI is InChI=1S/C10H15NO3/c1-13-8-3-7(10(11)6-12)4-9(5-8)14-2/h3-5,10,12H,6,11H2,1-2H3/t10-/m1/s1. The zero-order chi connectivity index (χ0) is 10.6. The van der Waals surface area contributed by atoms with E-state index in [2.05, 4.69) is 0 Å². The molecule has 0 aliphatic carbocycles. The number of hydrogen-bond acceptors (Lipinski definition) is 4. The molecule has 1 rings (SSSR count). The number of hydrogen-bond donors (Lipinski definition) is 2. The Labute approximate surface area is 83.3 Å². The van der Waals surface area contributed by atoms with E-state index in [0.29, 0.717) is 11.5 Å². The average molecular weight is 197 g/mol. The third kappa shape index (κ3) is 2.37. The number of nitrogens with two attached hydrogens (primary N) is 1. The van der Waals surface area contributed by atoms with Crippen LogP contribution in [-0.2, 0) is 0 Å². The molecule has 0 aliphatic rings. The number of ether oxygens (including phenoxy) is 2. The van der Waals surface area contributed by atoms with Crippen LogP contribution in [0.1, 0.15) is 11.6 Å². The molecule has 4 heteroatoms. The zero-order valence-corrected chi connectivity index (χ0v) is 8.36. The number of methoxy groups -OCH3 is 2. The second kappa shape index (κ2) is 4.83. The lowest BCUT2D eigenvalue weighted by Gasteiger charge is -2.12. The predicted molar refractivity (Wildman–Crippen MR) is 53.6 cm³/mol. The van der Waals surface area contributed by atoms with Crippen molar-refractivity contribution in [2.45, 2.75) is 6.04 Å². The number of rotatable bonds is 4. The largest absolute Gasteiger partial charge is 0.497 e. The van der Waals surface area contributed by atoms with Gasteiger partial charge in [-0.05, 0) is 17.7 Å². The Morgan fingerprint density at radius 3 is 2.07 bits per heavy atom. The van der Waals surface area contributed by atoms with Gasteiger partial charge in [-0.1, -0.05) is 0 Å². The maximum atomic E-state index is 8.91. The molecule has 3 N–H and O–H groups in total. The summed E-state index contributed by atoms with van der Waals surface area (Å²) in [6, 6.07) is 4.92. The van der Waals surface area contributed by atoms with Gasteiger partial charge in [-0.2, -0.15) is 0 Å². The fraction of sp³-hybridized carbons (Fsp3) is 0.400. The van der Waals surface area contributed by atoms with Gasteiger partial charge in [0, 0.05) is 6.07 Å². The van der Waals surface area contributed by atoms with E-state index in [9.17, 15) is 0 Å². The Hall–Kier alpha value is -1.26. The molecule has 0 saturated heterocycles. The Morgan fingerprint density at radius 2 is 1.71 bits per heavy atom. The summed E-state index contributed by atoms with van der Waals surface area (Å²) in [7, 11) is 3.14. The van der Waals surface area contributed by atoms with Gasteiger partial charge < -0.3 is 20.3 Å². The molecule has 0 unspecified atom stereocenters. The molecule has 1 atom stereocenters. The Bertz CT molecular complexity index is 279. The van der Waals surface area contributed by atoms with Gasteiger partial charge in [0.05, 0.1) is 26.9 Å². The van der Waals surface area contributed by atoms with E-state index in [-0.39, 0.29) is 6.61 Å². The fourth-order valence-electron chi connectivity index (χ4n) is 1.15. The lowest BCUT2D eigenvalue weighted by atomic mass is 10.1. The lowest BCUT2D eigenvalue weighted by molar-refractivity contribution is 0.267. The zero-order valence-electron chi connectivity index (χ0n) is 8.36. The van der Waals surface area contributed by atoms with E-state index in [1.165, 1.54) is 0 Å². The minimum atomic E-state index is -0.404. The molecule has 4 nitrogen and oxygen atoms in total. The Morgan fingerprint density at radius 1 is 1.21 bits per heavy atom. The third-order valence-corrected chi connectivity index (χ3v) is 2.00. The van der Waals surface area contributed by atoms with Gasteiger partial charge in [0.2, 0.25) is 0 Å². The van der Waals surface area contributed by atoms with Gasteiger partial charge >= 0.3 is 0 Å². The number of benzene rings is 1. The molecule has 0 bridgehead atoms. The first-order chi connectivity index (χ1) is 6.71. The molecule has 0 heterocycles. The van der Waals surface area contributed by atoms with Gasteiger partial charge in [-0.3, -0.25) is 0 Å². The van der Waals surface area contributed by atoms with E-state index < -0.39 is 6.04 Å².